The van der Waals surface area contributed by atoms with E-state index in [-0.39, 0.29) is 24.0 Å². The number of benzene rings is 1. The normalized spacial score (nSPS) is 20.0. The van der Waals surface area contributed by atoms with E-state index in [4.69, 9.17) is 4.74 Å². The van der Waals surface area contributed by atoms with Gasteiger partial charge in [-0.3, -0.25) is 0 Å². The van der Waals surface area contributed by atoms with Gasteiger partial charge >= 0.3 is 0 Å². The maximum absolute atomic E-state index is 5.51. The molecule has 1 saturated heterocycles. The monoisotopic (exact) mass is 417 g/mol. The first-order chi connectivity index (χ1) is 10.0. The van der Waals surface area contributed by atoms with E-state index >= 15 is 0 Å². The molecular formula is C19H32INO. The number of ether oxygens (including phenoxy) is 1. The van der Waals surface area contributed by atoms with Crippen molar-refractivity contribution in [2.45, 2.75) is 58.9 Å². The average molecular weight is 417 g/mol. The highest BCUT2D eigenvalue weighted by Gasteiger charge is 2.38. The highest BCUT2D eigenvalue weighted by molar-refractivity contribution is 5.36. The zero-order valence-electron chi connectivity index (χ0n) is 14.9. The Labute approximate surface area is 153 Å². The number of likely N-dealkylation sites (tertiary alicyclic amines) is 1. The average Bonchev–Trinajstić information content (AvgIpc) is 2.90. The van der Waals surface area contributed by atoms with E-state index in [9.17, 15) is 0 Å². The van der Waals surface area contributed by atoms with Crippen LogP contribution in [0.25, 0.3) is 0 Å². The Hall–Kier alpha value is -0.290. The molecule has 0 saturated carbocycles. The van der Waals surface area contributed by atoms with Gasteiger partial charge in [0.1, 0.15) is 5.75 Å². The summed E-state index contributed by atoms with van der Waals surface area (Å²) in [6.45, 7) is 13.1. The van der Waals surface area contributed by atoms with Crippen molar-refractivity contribution < 1.29 is 33.2 Å². The van der Waals surface area contributed by atoms with Gasteiger partial charge < -0.3 is 33.2 Å². The van der Waals surface area contributed by atoms with Crippen molar-refractivity contribution in [2.24, 2.45) is 0 Å². The molecule has 22 heavy (non-hydrogen) atoms. The summed E-state index contributed by atoms with van der Waals surface area (Å²) in [5.74, 6) is 1.57. The standard InChI is InChI=1S/C19H32NO.HI/c1-6-20(7-2)10-8-9-18(20)12-16-11-17(15(3)4)14-19(13-16)21-5;/h11,13-15,18H,6-10,12H2,1-5H3;1H/q+1;/p-1. The van der Waals surface area contributed by atoms with Crippen molar-refractivity contribution in [3.05, 3.63) is 29.3 Å². The Morgan fingerprint density at radius 1 is 1.18 bits per heavy atom. The first kappa shape index (κ1) is 19.8. The molecule has 0 spiro atoms. The van der Waals surface area contributed by atoms with Crippen LogP contribution in [0.3, 0.4) is 0 Å². The summed E-state index contributed by atoms with van der Waals surface area (Å²) in [7, 11) is 1.78. The van der Waals surface area contributed by atoms with Crippen molar-refractivity contribution >= 4 is 0 Å². The number of methoxy groups -OCH3 is 1. The van der Waals surface area contributed by atoms with Crippen molar-refractivity contribution in [3.8, 4) is 5.75 Å². The Bertz CT molecular complexity index is 469. The molecular weight excluding hydrogens is 385 g/mol. The number of nitrogens with zero attached hydrogens (tertiary/aromatic N) is 1. The molecule has 0 radical (unpaired) electrons. The van der Waals surface area contributed by atoms with E-state index in [1.54, 1.807) is 7.11 Å². The van der Waals surface area contributed by atoms with E-state index < -0.39 is 0 Å². The Balaban J connectivity index is 0.00000242. The molecule has 1 unspecified atom stereocenters. The van der Waals surface area contributed by atoms with E-state index in [1.165, 1.54) is 54.5 Å². The van der Waals surface area contributed by atoms with Crippen LogP contribution in [0.5, 0.6) is 5.75 Å². The van der Waals surface area contributed by atoms with Gasteiger partial charge in [-0.25, -0.2) is 0 Å². The predicted molar refractivity (Wildman–Crippen MR) is 90.0 cm³/mol. The van der Waals surface area contributed by atoms with Gasteiger partial charge in [-0.15, -0.1) is 0 Å². The highest BCUT2D eigenvalue weighted by atomic mass is 127. The Kier molecular flexibility index (Phi) is 7.66. The van der Waals surface area contributed by atoms with Crippen LogP contribution in [0.15, 0.2) is 18.2 Å². The number of hydrogen-bond acceptors (Lipinski definition) is 1. The summed E-state index contributed by atoms with van der Waals surface area (Å²) in [6.07, 6.45) is 3.95. The van der Waals surface area contributed by atoms with Crippen LogP contribution in [0.2, 0.25) is 0 Å². The fraction of sp³-hybridized carbons (Fsp3) is 0.684. The zero-order valence-corrected chi connectivity index (χ0v) is 17.0. The van der Waals surface area contributed by atoms with Crippen LogP contribution >= 0.6 is 0 Å². The summed E-state index contributed by atoms with van der Waals surface area (Å²) < 4.78 is 6.81. The quantitative estimate of drug-likeness (QED) is 0.502. The van der Waals surface area contributed by atoms with Gasteiger partial charge in [-0.1, -0.05) is 19.9 Å². The molecule has 0 N–H and O–H groups in total. The minimum Gasteiger partial charge on any atom is -1.00 e. The molecule has 1 aromatic rings. The molecule has 1 aliphatic rings. The van der Waals surface area contributed by atoms with E-state index in [2.05, 4.69) is 45.9 Å². The summed E-state index contributed by atoms with van der Waals surface area (Å²) in [4.78, 5) is 0. The molecule has 1 heterocycles. The van der Waals surface area contributed by atoms with Gasteiger partial charge in [-0.05, 0) is 43.0 Å². The first-order valence-electron chi connectivity index (χ1n) is 8.58. The fourth-order valence-electron chi connectivity index (χ4n) is 3.98. The van der Waals surface area contributed by atoms with Gasteiger partial charge in [-0.2, -0.15) is 0 Å². The highest BCUT2D eigenvalue weighted by Crippen LogP contribution is 2.31. The maximum Gasteiger partial charge on any atom is 0.119 e. The van der Waals surface area contributed by atoms with Crippen molar-refractivity contribution in [1.82, 2.24) is 0 Å². The molecule has 0 aliphatic carbocycles. The van der Waals surface area contributed by atoms with Crippen LogP contribution in [0, 0.1) is 0 Å². The second-order valence-electron chi connectivity index (χ2n) is 6.84. The van der Waals surface area contributed by atoms with Crippen LogP contribution in [0.4, 0.5) is 0 Å². The third-order valence-electron chi connectivity index (χ3n) is 5.54. The zero-order chi connectivity index (χ0) is 15.5. The largest absolute Gasteiger partial charge is 1.00 e. The molecule has 1 aliphatic heterocycles. The van der Waals surface area contributed by atoms with Crippen molar-refractivity contribution in [3.63, 3.8) is 0 Å². The minimum absolute atomic E-state index is 0. The van der Waals surface area contributed by atoms with E-state index in [0.717, 1.165) is 11.8 Å². The summed E-state index contributed by atoms with van der Waals surface area (Å²) in [5.41, 5.74) is 2.85. The lowest BCUT2D eigenvalue weighted by Crippen LogP contribution is -3.00. The lowest BCUT2D eigenvalue weighted by molar-refractivity contribution is -0.936. The van der Waals surface area contributed by atoms with Gasteiger partial charge in [0.05, 0.1) is 32.8 Å². The predicted octanol–water partition coefficient (Wildman–Crippen LogP) is 1.38. The van der Waals surface area contributed by atoms with Crippen LogP contribution in [0.1, 0.15) is 57.6 Å². The molecule has 0 amide bonds. The minimum atomic E-state index is 0. The molecule has 3 heteroatoms. The Morgan fingerprint density at radius 3 is 2.41 bits per heavy atom. The molecule has 126 valence electrons. The summed E-state index contributed by atoms with van der Waals surface area (Å²) in [6, 6.07) is 7.60. The molecule has 2 nitrogen and oxygen atoms in total. The van der Waals surface area contributed by atoms with Gasteiger partial charge in [0.2, 0.25) is 0 Å². The summed E-state index contributed by atoms with van der Waals surface area (Å²) >= 11 is 0. The molecule has 0 bridgehead atoms. The van der Waals surface area contributed by atoms with Crippen LogP contribution in [-0.2, 0) is 6.42 Å². The lowest BCUT2D eigenvalue weighted by atomic mass is 9.96. The van der Waals surface area contributed by atoms with Crippen molar-refractivity contribution in [2.75, 3.05) is 26.7 Å². The van der Waals surface area contributed by atoms with Crippen molar-refractivity contribution in [1.29, 1.82) is 0 Å². The molecule has 2 rings (SSSR count). The smallest absolute Gasteiger partial charge is 0.119 e. The van der Waals surface area contributed by atoms with Gasteiger partial charge in [0.15, 0.2) is 0 Å². The fourth-order valence-corrected chi connectivity index (χ4v) is 3.98. The Morgan fingerprint density at radius 2 is 1.86 bits per heavy atom. The van der Waals surface area contributed by atoms with E-state index in [1.807, 2.05) is 0 Å². The molecule has 1 atom stereocenters. The number of rotatable bonds is 6. The second-order valence-corrected chi connectivity index (χ2v) is 6.84. The van der Waals surface area contributed by atoms with Gasteiger partial charge in [0, 0.05) is 19.3 Å². The van der Waals surface area contributed by atoms with Crippen LogP contribution in [-0.4, -0.2) is 37.3 Å². The summed E-state index contributed by atoms with van der Waals surface area (Å²) in [5, 5.41) is 0. The third kappa shape index (κ3) is 4.16. The number of halogens is 1. The second kappa shape index (κ2) is 8.53. The van der Waals surface area contributed by atoms with Crippen LogP contribution < -0.4 is 28.7 Å². The van der Waals surface area contributed by atoms with Gasteiger partial charge in [0.25, 0.3) is 0 Å². The topological polar surface area (TPSA) is 9.23 Å². The number of likely N-dealkylation sites (N-methyl/N-ethyl adjacent to an activating group) is 1. The molecule has 1 fully saturated rings. The molecule has 1 aromatic carbocycles. The molecule has 0 aromatic heterocycles. The van der Waals surface area contributed by atoms with E-state index in [0.29, 0.717) is 5.92 Å². The first-order valence-corrected chi connectivity index (χ1v) is 8.58. The third-order valence-corrected chi connectivity index (χ3v) is 5.54. The number of quaternary nitrogens is 1. The number of hydrogen-bond donors (Lipinski definition) is 0. The SMILES string of the molecule is CC[N+]1(CC)CCCC1Cc1cc(OC)cc(C(C)C)c1.[I-]. The lowest BCUT2D eigenvalue weighted by Gasteiger charge is -2.38. The maximum atomic E-state index is 5.51.